The van der Waals surface area contributed by atoms with E-state index in [4.69, 9.17) is 5.73 Å². The van der Waals surface area contributed by atoms with Gasteiger partial charge in [0.15, 0.2) is 11.5 Å². The Hall–Kier alpha value is -1.95. The summed E-state index contributed by atoms with van der Waals surface area (Å²) in [4.78, 5) is 4.07. The molecule has 0 aromatic carbocycles. The molecule has 3 aromatic rings. The third-order valence-corrected chi connectivity index (χ3v) is 2.98. The van der Waals surface area contributed by atoms with E-state index < -0.39 is 0 Å². The second-order valence-electron chi connectivity index (χ2n) is 3.58. The van der Waals surface area contributed by atoms with Crippen LogP contribution in [0.4, 0.5) is 5.69 Å². The third kappa shape index (κ3) is 1.66. The quantitative estimate of drug-likeness (QED) is 0.745. The van der Waals surface area contributed by atoms with E-state index >= 15 is 0 Å². The van der Waals surface area contributed by atoms with Crippen molar-refractivity contribution < 1.29 is 0 Å². The minimum Gasteiger partial charge on any atom is -0.397 e. The van der Waals surface area contributed by atoms with Crippen molar-refractivity contribution in [1.82, 2.24) is 19.6 Å². The van der Waals surface area contributed by atoms with Crippen molar-refractivity contribution in [2.45, 2.75) is 0 Å². The molecule has 3 rings (SSSR count). The number of nitrogens with zero attached hydrogens (tertiary/aromatic N) is 4. The van der Waals surface area contributed by atoms with Crippen LogP contribution in [0.1, 0.15) is 0 Å². The number of halogens is 1. The summed E-state index contributed by atoms with van der Waals surface area (Å²) in [6.45, 7) is 0. The fourth-order valence-electron chi connectivity index (χ4n) is 1.67. The van der Waals surface area contributed by atoms with Crippen molar-refractivity contribution in [2.24, 2.45) is 0 Å². The molecule has 0 amide bonds. The molecule has 0 atom stereocenters. The molecule has 6 heteroatoms. The maximum Gasteiger partial charge on any atom is 0.175 e. The van der Waals surface area contributed by atoms with Gasteiger partial charge in [-0.2, -0.15) is 0 Å². The average Bonchev–Trinajstić information content (AvgIpc) is 2.74. The van der Waals surface area contributed by atoms with Crippen LogP contribution in [0, 0.1) is 0 Å². The van der Waals surface area contributed by atoms with Crippen molar-refractivity contribution in [1.29, 1.82) is 0 Å². The third-order valence-electron chi connectivity index (χ3n) is 2.40. The van der Waals surface area contributed by atoms with Crippen LogP contribution in [-0.2, 0) is 0 Å². The second kappa shape index (κ2) is 3.81. The molecule has 0 bridgehead atoms. The number of nitrogen functional groups attached to an aromatic ring is 1. The van der Waals surface area contributed by atoms with Gasteiger partial charge in [-0.3, -0.25) is 9.38 Å². The fraction of sp³-hybridized carbons (Fsp3) is 0. The van der Waals surface area contributed by atoms with Gasteiger partial charge in [-0.05, 0) is 34.1 Å². The predicted molar refractivity (Wildman–Crippen MR) is 68.3 cm³/mol. The summed E-state index contributed by atoms with van der Waals surface area (Å²) in [6, 6.07) is 5.59. The lowest BCUT2D eigenvalue weighted by Gasteiger charge is -2.01. The molecule has 0 aliphatic carbocycles. The Morgan fingerprint density at radius 2 is 2.18 bits per heavy atom. The average molecular weight is 290 g/mol. The summed E-state index contributed by atoms with van der Waals surface area (Å²) in [5.74, 6) is 0.723. The maximum absolute atomic E-state index is 5.81. The summed E-state index contributed by atoms with van der Waals surface area (Å²) >= 11 is 3.41. The van der Waals surface area contributed by atoms with Crippen LogP contribution in [0.25, 0.3) is 17.0 Å². The second-order valence-corrected chi connectivity index (χ2v) is 4.43. The van der Waals surface area contributed by atoms with Gasteiger partial charge < -0.3 is 5.73 Å². The van der Waals surface area contributed by atoms with Crippen LogP contribution in [-0.4, -0.2) is 19.6 Å². The standard InChI is InChI=1S/C11H8BrN5/c12-9-4-8(13)6-17-10(15-16-11(9)17)7-2-1-3-14-5-7/h1-6H,13H2. The molecule has 0 fully saturated rings. The summed E-state index contributed by atoms with van der Waals surface area (Å²) in [5.41, 5.74) is 8.09. The molecule has 17 heavy (non-hydrogen) atoms. The van der Waals surface area contributed by atoms with Crippen molar-refractivity contribution in [3.63, 3.8) is 0 Å². The number of hydrogen-bond acceptors (Lipinski definition) is 4. The Morgan fingerprint density at radius 3 is 2.94 bits per heavy atom. The van der Waals surface area contributed by atoms with Gasteiger partial charge in [0.1, 0.15) is 0 Å². The van der Waals surface area contributed by atoms with Gasteiger partial charge in [-0.1, -0.05) is 0 Å². The zero-order chi connectivity index (χ0) is 11.8. The molecular weight excluding hydrogens is 282 g/mol. The van der Waals surface area contributed by atoms with E-state index in [2.05, 4.69) is 31.1 Å². The number of fused-ring (bicyclic) bond motifs is 1. The van der Waals surface area contributed by atoms with Gasteiger partial charge in [0.05, 0.1) is 4.47 Å². The van der Waals surface area contributed by atoms with E-state index in [0.717, 1.165) is 21.5 Å². The summed E-state index contributed by atoms with van der Waals surface area (Å²) < 4.78 is 2.66. The topological polar surface area (TPSA) is 69.1 Å². The van der Waals surface area contributed by atoms with E-state index in [9.17, 15) is 0 Å². The number of pyridine rings is 2. The van der Waals surface area contributed by atoms with Crippen molar-refractivity contribution in [2.75, 3.05) is 5.73 Å². The zero-order valence-electron chi connectivity index (χ0n) is 8.71. The first-order valence-electron chi connectivity index (χ1n) is 4.96. The molecule has 3 aromatic heterocycles. The smallest absolute Gasteiger partial charge is 0.175 e. The fourth-order valence-corrected chi connectivity index (χ4v) is 2.20. The van der Waals surface area contributed by atoms with Crippen molar-refractivity contribution in [3.8, 4) is 11.4 Å². The molecule has 2 N–H and O–H groups in total. The molecule has 0 aliphatic rings. The molecule has 5 nitrogen and oxygen atoms in total. The Bertz CT molecular complexity index is 677. The number of anilines is 1. The molecule has 0 radical (unpaired) electrons. The summed E-state index contributed by atoms with van der Waals surface area (Å²) in [5, 5.41) is 8.27. The van der Waals surface area contributed by atoms with Gasteiger partial charge in [0, 0.05) is 29.8 Å². The van der Waals surface area contributed by atoms with Crippen molar-refractivity contribution >= 4 is 27.3 Å². The first-order chi connectivity index (χ1) is 8.25. The van der Waals surface area contributed by atoms with Crippen LogP contribution >= 0.6 is 15.9 Å². The lowest BCUT2D eigenvalue weighted by atomic mass is 10.3. The van der Waals surface area contributed by atoms with Crippen LogP contribution in [0.15, 0.2) is 41.3 Å². The number of hydrogen-bond donors (Lipinski definition) is 1. The zero-order valence-corrected chi connectivity index (χ0v) is 10.3. The van der Waals surface area contributed by atoms with Gasteiger partial charge in [0.2, 0.25) is 0 Å². The van der Waals surface area contributed by atoms with E-state index in [0.29, 0.717) is 5.69 Å². The summed E-state index contributed by atoms with van der Waals surface area (Å²) in [6.07, 6.45) is 5.26. The van der Waals surface area contributed by atoms with E-state index in [1.807, 2.05) is 16.5 Å². The monoisotopic (exact) mass is 289 g/mol. The van der Waals surface area contributed by atoms with Crippen LogP contribution in [0.3, 0.4) is 0 Å². The van der Waals surface area contributed by atoms with Crippen LogP contribution in [0.2, 0.25) is 0 Å². The van der Waals surface area contributed by atoms with Crippen molar-refractivity contribution in [3.05, 3.63) is 41.3 Å². The van der Waals surface area contributed by atoms with E-state index in [-0.39, 0.29) is 0 Å². The predicted octanol–water partition coefficient (Wildman–Crippen LogP) is 2.14. The Kier molecular flexibility index (Phi) is 2.29. The molecule has 0 aliphatic heterocycles. The summed E-state index contributed by atoms with van der Waals surface area (Å²) in [7, 11) is 0. The lowest BCUT2D eigenvalue weighted by molar-refractivity contribution is 1.11. The molecule has 0 saturated heterocycles. The number of nitrogens with two attached hydrogens (primary N) is 1. The Morgan fingerprint density at radius 1 is 1.29 bits per heavy atom. The first-order valence-corrected chi connectivity index (χ1v) is 5.75. The molecule has 0 saturated carbocycles. The van der Waals surface area contributed by atoms with E-state index in [1.54, 1.807) is 24.7 Å². The van der Waals surface area contributed by atoms with Gasteiger partial charge in [0.25, 0.3) is 0 Å². The minimum absolute atomic E-state index is 0.648. The van der Waals surface area contributed by atoms with Gasteiger partial charge in [-0.25, -0.2) is 0 Å². The SMILES string of the molecule is Nc1cc(Br)c2nnc(-c3cccnc3)n2c1. The normalized spacial score (nSPS) is 10.9. The Labute approximate surface area is 105 Å². The molecule has 84 valence electrons. The molecule has 0 unspecified atom stereocenters. The van der Waals surface area contributed by atoms with Crippen LogP contribution in [0.5, 0.6) is 0 Å². The number of aromatic nitrogens is 4. The number of rotatable bonds is 1. The van der Waals surface area contributed by atoms with Gasteiger partial charge >= 0.3 is 0 Å². The highest BCUT2D eigenvalue weighted by Crippen LogP contribution is 2.24. The highest BCUT2D eigenvalue weighted by molar-refractivity contribution is 9.10. The highest BCUT2D eigenvalue weighted by atomic mass is 79.9. The largest absolute Gasteiger partial charge is 0.397 e. The minimum atomic E-state index is 0.648. The van der Waals surface area contributed by atoms with Gasteiger partial charge in [-0.15, -0.1) is 10.2 Å². The van der Waals surface area contributed by atoms with Crippen LogP contribution < -0.4 is 5.73 Å². The maximum atomic E-state index is 5.81. The molecule has 3 heterocycles. The van der Waals surface area contributed by atoms with E-state index in [1.165, 1.54) is 0 Å². The lowest BCUT2D eigenvalue weighted by Crippen LogP contribution is -1.94. The first kappa shape index (κ1) is 10.2. The highest BCUT2D eigenvalue weighted by Gasteiger charge is 2.10. The molecule has 0 spiro atoms. The molecular formula is C11H8BrN5. The Balaban J connectivity index is 2.32.